The topological polar surface area (TPSA) is 50.4 Å². The van der Waals surface area contributed by atoms with E-state index >= 15 is 0 Å². The van der Waals surface area contributed by atoms with Gasteiger partial charge in [-0.15, -0.1) is 0 Å². The van der Waals surface area contributed by atoms with Crippen LogP contribution in [-0.2, 0) is 0 Å². The Morgan fingerprint density at radius 2 is 1.71 bits per heavy atom. The third-order valence-corrected chi connectivity index (χ3v) is 3.97. The Morgan fingerprint density at radius 1 is 1.08 bits per heavy atom. The maximum absolute atomic E-state index is 12.5. The van der Waals surface area contributed by atoms with Crippen molar-refractivity contribution in [1.29, 1.82) is 0 Å². The number of hydrogen-bond donors (Lipinski definition) is 2. The van der Waals surface area contributed by atoms with Crippen LogP contribution in [0.15, 0.2) is 48.5 Å². The predicted octanol–water partition coefficient (Wildman–Crippen LogP) is 4.54. The SMILES string of the molecule is COc1ccccc1C(=O)NC(Nc1ccc(C)cc1)C(Cl)(Cl)Cl. The Bertz CT molecular complexity index is 700. The number of nitrogens with one attached hydrogen (secondary N) is 2. The van der Waals surface area contributed by atoms with Crippen LogP contribution in [0.2, 0.25) is 0 Å². The number of para-hydroxylation sites is 1. The minimum absolute atomic E-state index is 0.352. The van der Waals surface area contributed by atoms with Crippen molar-refractivity contribution in [3.05, 3.63) is 59.7 Å². The number of aryl methyl sites for hydroxylation is 1. The van der Waals surface area contributed by atoms with Crippen molar-refractivity contribution in [2.45, 2.75) is 16.9 Å². The fourth-order valence-electron chi connectivity index (χ4n) is 2.06. The summed E-state index contributed by atoms with van der Waals surface area (Å²) in [7, 11) is 1.49. The Hall–Kier alpha value is -1.62. The maximum Gasteiger partial charge on any atom is 0.256 e. The number of anilines is 1. The molecule has 1 atom stereocenters. The van der Waals surface area contributed by atoms with Crippen LogP contribution in [0, 0.1) is 6.92 Å². The van der Waals surface area contributed by atoms with E-state index in [-0.39, 0.29) is 0 Å². The van der Waals surface area contributed by atoms with Crippen molar-refractivity contribution in [1.82, 2.24) is 5.32 Å². The number of rotatable bonds is 5. The number of amides is 1. The zero-order chi connectivity index (χ0) is 17.7. The summed E-state index contributed by atoms with van der Waals surface area (Å²) in [6.07, 6.45) is -0.928. The van der Waals surface area contributed by atoms with Gasteiger partial charge in [0.25, 0.3) is 5.91 Å². The van der Waals surface area contributed by atoms with Gasteiger partial charge in [-0.1, -0.05) is 64.6 Å². The third-order valence-electron chi connectivity index (χ3n) is 3.32. The zero-order valence-electron chi connectivity index (χ0n) is 13.1. The summed E-state index contributed by atoms with van der Waals surface area (Å²) < 4.78 is 3.44. The minimum Gasteiger partial charge on any atom is -0.496 e. The van der Waals surface area contributed by atoms with Crippen LogP contribution in [0.4, 0.5) is 5.69 Å². The van der Waals surface area contributed by atoms with Crippen LogP contribution in [0.3, 0.4) is 0 Å². The monoisotopic (exact) mass is 386 g/mol. The smallest absolute Gasteiger partial charge is 0.256 e. The Morgan fingerprint density at radius 3 is 2.29 bits per heavy atom. The molecule has 2 N–H and O–H groups in total. The summed E-state index contributed by atoms with van der Waals surface area (Å²) in [6, 6.07) is 14.3. The number of carbonyl (C=O) groups excluding carboxylic acids is 1. The van der Waals surface area contributed by atoms with Gasteiger partial charge in [-0.2, -0.15) is 0 Å². The molecule has 0 fully saturated rings. The molecule has 0 heterocycles. The highest BCUT2D eigenvalue weighted by Gasteiger charge is 2.34. The summed E-state index contributed by atoms with van der Waals surface area (Å²) in [4.78, 5) is 12.5. The van der Waals surface area contributed by atoms with E-state index in [0.29, 0.717) is 11.3 Å². The zero-order valence-corrected chi connectivity index (χ0v) is 15.4. The molecule has 128 valence electrons. The highest BCUT2D eigenvalue weighted by Crippen LogP contribution is 2.31. The first kappa shape index (κ1) is 18.7. The number of ether oxygens (including phenoxy) is 1. The van der Waals surface area contributed by atoms with E-state index in [2.05, 4.69) is 10.6 Å². The molecule has 4 nitrogen and oxygen atoms in total. The van der Waals surface area contributed by atoms with Crippen molar-refractivity contribution in [2.24, 2.45) is 0 Å². The lowest BCUT2D eigenvalue weighted by molar-refractivity contribution is 0.0939. The lowest BCUT2D eigenvalue weighted by atomic mass is 10.2. The second-order valence-electron chi connectivity index (χ2n) is 5.16. The third kappa shape index (κ3) is 4.94. The highest BCUT2D eigenvalue weighted by atomic mass is 35.6. The van der Waals surface area contributed by atoms with Gasteiger partial charge in [0, 0.05) is 5.69 Å². The van der Waals surface area contributed by atoms with Crippen molar-refractivity contribution < 1.29 is 9.53 Å². The first-order valence-corrected chi connectivity index (χ1v) is 8.28. The van der Waals surface area contributed by atoms with Crippen molar-refractivity contribution >= 4 is 46.4 Å². The Labute approximate surface area is 156 Å². The van der Waals surface area contributed by atoms with E-state index in [1.165, 1.54) is 7.11 Å². The van der Waals surface area contributed by atoms with E-state index in [4.69, 9.17) is 39.5 Å². The van der Waals surface area contributed by atoms with Crippen LogP contribution in [0.5, 0.6) is 5.75 Å². The van der Waals surface area contributed by atoms with E-state index in [0.717, 1.165) is 11.3 Å². The lowest BCUT2D eigenvalue weighted by Crippen LogP contribution is -2.49. The minimum atomic E-state index is -1.75. The largest absolute Gasteiger partial charge is 0.496 e. The maximum atomic E-state index is 12.5. The standard InChI is InChI=1S/C17H17Cl3N2O2/c1-11-7-9-12(10-8-11)21-16(17(18,19)20)22-15(23)13-5-3-4-6-14(13)24-2/h3-10,16,21H,1-2H3,(H,22,23). The van der Waals surface area contributed by atoms with Gasteiger partial charge in [0.1, 0.15) is 11.9 Å². The van der Waals surface area contributed by atoms with Crippen LogP contribution < -0.4 is 15.4 Å². The Balaban J connectivity index is 2.20. The normalized spacial score (nSPS) is 12.4. The van der Waals surface area contributed by atoms with E-state index in [1.54, 1.807) is 24.3 Å². The molecule has 24 heavy (non-hydrogen) atoms. The van der Waals surface area contributed by atoms with Crippen LogP contribution >= 0.6 is 34.8 Å². The number of alkyl halides is 3. The van der Waals surface area contributed by atoms with Crippen molar-refractivity contribution in [3.8, 4) is 5.75 Å². The molecule has 0 bridgehead atoms. The molecule has 0 aliphatic heterocycles. The second-order valence-corrected chi connectivity index (χ2v) is 7.53. The number of methoxy groups -OCH3 is 1. The van der Waals surface area contributed by atoms with Gasteiger partial charge in [0.05, 0.1) is 12.7 Å². The predicted molar refractivity (Wildman–Crippen MR) is 99.3 cm³/mol. The van der Waals surface area contributed by atoms with Crippen LogP contribution in [0.1, 0.15) is 15.9 Å². The first-order valence-electron chi connectivity index (χ1n) is 7.15. The molecule has 2 aromatic rings. The molecule has 1 unspecified atom stereocenters. The molecule has 0 saturated carbocycles. The molecule has 2 rings (SSSR count). The van der Waals surface area contributed by atoms with E-state index in [1.807, 2.05) is 31.2 Å². The van der Waals surface area contributed by atoms with Gasteiger partial charge in [0.15, 0.2) is 0 Å². The molecule has 0 saturated heterocycles. The quantitative estimate of drug-likeness (QED) is 0.585. The van der Waals surface area contributed by atoms with Gasteiger partial charge in [-0.05, 0) is 31.2 Å². The molecule has 0 radical (unpaired) electrons. The molecule has 0 aliphatic rings. The molecular weight excluding hydrogens is 371 g/mol. The van der Waals surface area contributed by atoms with Gasteiger partial charge in [-0.3, -0.25) is 4.79 Å². The van der Waals surface area contributed by atoms with Gasteiger partial charge >= 0.3 is 0 Å². The van der Waals surface area contributed by atoms with E-state index in [9.17, 15) is 4.79 Å². The fraction of sp³-hybridized carbons (Fsp3) is 0.235. The van der Waals surface area contributed by atoms with Crippen LogP contribution in [-0.4, -0.2) is 23.0 Å². The summed E-state index contributed by atoms with van der Waals surface area (Å²) in [5, 5.41) is 5.70. The van der Waals surface area contributed by atoms with E-state index < -0.39 is 15.9 Å². The summed E-state index contributed by atoms with van der Waals surface area (Å²) >= 11 is 18.0. The number of halogens is 3. The molecule has 2 aromatic carbocycles. The molecule has 7 heteroatoms. The van der Waals surface area contributed by atoms with Crippen molar-refractivity contribution in [2.75, 3.05) is 12.4 Å². The summed E-state index contributed by atoms with van der Waals surface area (Å²) in [6.45, 7) is 1.97. The van der Waals surface area contributed by atoms with Gasteiger partial charge in [-0.25, -0.2) is 0 Å². The van der Waals surface area contributed by atoms with Crippen LogP contribution in [0.25, 0.3) is 0 Å². The second kappa shape index (κ2) is 7.97. The average Bonchev–Trinajstić information content (AvgIpc) is 2.55. The highest BCUT2D eigenvalue weighted by molar-refractivity contribution is 6.68. The number of benzene rings is 2. The molecular formula is C17H17Cl3N2O2. The molecule has 0 spiro atoms. The summed E-state index contributed by atoms with van der Waals surface area (Å²) in [5.74, 6) is 0.0248. The average molecular weight is 388 g/mol. The van der Waals surface area contributed by atoms with Gasteiger partial charge in [0.2, 0.25) is 3.79 Å². The number of carbonyl (C=O) groups is 1. The molecule has 0 aliphatic carbocycles. The summed E-state index contributed by atoms with van der Waals surface area (Å²) in [5.41, 5.74) is 2.17. The fourth-order valence-corrected chi connectivity index (χ4v) is 2.38. The lowest BCUT2D eigenvalue weighted by Gasteiger charge is -2.27. The molecule has 1 amide bonds. The molecule has 0 aromatic heterocycles. The number of hydrogen-bond acceptors (Lipinski definition) is 3. The van der Waals surface area contributed by atoms with Crippen molar-refractivity contribution in [3.63, 3.8) is 0 Å². The van der Waals surface area contributed by atoms with Gasteiger partial charge < -0.3 is 15.4 Å². The Kier molecular flexibility index (Phi) is 6.21. The first-order chi connectivity index (χ1) is 11.3.